The Bertz CT molecular complexity index is 1270. The van der Waals surface area contributed by atoms with Crippen LogP contribution in [-0.2, 0) is 52.3 Å². The van der Waals surface area contributed by atoms with Crippen molar-refractivity contribution in [3.8, 4) is 0 Å². The van der Waals surface area contributed by atoms with Gasteiger partial charge in [-0.1, -0.05) is 247 Å². The van der Waals surface area contributed by atoms with Gasteiger partial charge in [0, 0.05) is 52.2 Å². The van der Waals surface area contributed by atoms with Crippen LogP contribution in [0.15, 0.2) is 0 Å². The molecule has 0 aliphatic carbocycles. The smallest absolute Gasteiger partial charge is 0.306 e. The Labute approximate surface area is 505 Å². The van der Waals surface area contributed by atoms with Crippen LogP contribution in [0.4, 0.5) is 0 Å². The molecule has 1 atom stereocenters. The Morgan fingerprint density at radius 2 is 0.671 bits per heavy atom. The van der Waals surface area contributed by atoms with Crippen molar-refractivity contribution < 1.29 is 57.4 Å². The normalized spacial score (nSPS) is 12.0. The summed E-state index contributed by atoms with van der Waals surface area (Å²) in [7, 11) is 0. The molecular formula is C69H133NO12. The number of aliphatic hydroxyl groups is 1. The van der Waals surface area contributed by atoms with Gasteiger partial charge in [-0.25, -0.2) is 0 Å². The number of unbranched alkanes of at least 4 members (excludes halogenated alkanes) is 31. The molecule has 0 aromatic heterocycles. The lowest BCUT2D eigenvalue weighted by atomic mass is 10.1. The molecule has 0 aliphatic heterocycles. The molecule has 0 fully saturated rings. The number of hydrogen-bond acceptors (Lipinski definition) is 12. The first-order valence-corrected chi connectivity index (χ1v) is 35.1. The summed E-state index contributed by atoms with van der Waals surface area (Å²) in [6.07, 6.45) is 46.7. The Balaban J connectivity index is 5.85. The summed E-state index contributed by atoms with van der Waals surface area (Å²) in [5.74, 6) is -1.77. The zero-order valence-electron chi connectivity index (χ0n) is 54.6. The molecule has 1 unspecified atom stereocenters. The van der Waals surface area contributed by atoms with Crippen LogP contribution in [0.5, 0.6) is 0 Å². The van der Waals surface area contributed by atoms with Gasteiger partial charge in [-0.2, -0.15) is 0 Å². The Morgan fingerprint density at radius 3 is 1.00 bits per heavy atom. The average Bonchev–Trinajstić information content (AvgIpc) is 3.47. The van der Waals surface area contributed by atoms with Crippen molar-refractivity contribution in [2.75, 3.05) is 52.8 Å². The van der Waals surface area contributed by atoms with Crippen molar-refractivity contribution in [2.45, 2.75) is 368 Å². The predicted octanol–water partition coefficient (Wildman–Crippen LogP) is 18.3. The molecule has 1 amide bonds. The van der Waals surface area contributed by atoms with Crippen LogP contribution in [0.3, 0.4) is 0 Å². The number of amides is 1. The lowest BCUT2D eigenvalue weighted by molar-refractivity contribution is -0.157. The van der Waals surface area contributed by atoms with Gasteiger partial charge < -0.3 is 43.2 Å². The molecule has 0 rings (SSSR count). The molecule has 0 aromatic carbocycles. The summed E-state index contributed by atoms with van der Waals surface area (Å²) in [6, 6.07) is -0.884. The first-order valence-electron chi connectivity index (χ1n) is 35.1. The molecule has 0 heterocycles. The monoisotopic (exact) mass is 1170 g/mol. The van der Waals surface area contributed by atoms with Gasteiger partial charge in [-0.15, -0.1) is 0 Å². The molecule has 1 N–H and O–H groups in total. The molecule has 82 heavy (non-hydrogen) atoms. The summed E-state index contributed by atoms with van der Waals surface area (Å²) in [5, 5.41) is 10.2. The number of ether oxygens (including phenoxy) is 7. The van der Waals surface area contributed by atoms with E-state index in [-0.39, 0.29) is 58.2 Å². The molecule has 13 nitrogen and oxygen atoms in total. The van der Waals surface area contributed by atoms with Crippen molar-refractivity contribution in [1.82, 2.24) is 4.90 Å². The fourth-order valence-corrected chi connectivity index (χ4v) is 10.4. The summed E-state index contributed by atoms with van der Waals surface area (Å²) >= 11 is 0. The summed E-state index contributed by atoms with van der Waals surface area (Å²) in [5.41, 5.74) is 0. The van der Waals surface area contributed by atoms with E-state index in [1.165, 1.54) is 159 Å². The zero-order chi connectivity index (χ0) is 60.0. The molecule has 0 saturated heterocycles. The minimum Gasteiger partial charge on any atom is -0.463 e. The number of nitrogens with zero attached hydrogens (tertiary/aromatic N) is 1. The Kier molecular flexibility index (Phi) is 61.4. The van der Waals surface area contributed by atoms with E-state index in [4.69, 9.17) is 33.2 Å². The summed E-state index contributed by atoms with van der Waals surface area (Å²) in [4.78, 5) is 55.4. The second-order valence-electron chi connectivity index (χ2n) is 23.6. The highest BCUT2D eigenvalue weighted by atomic mass is 16.7. The minimum atomic E-state index is -0.884. The highest BCUT2D eigenvalue weighted by Gasteiger charge is 2.28. The van der Waals surface area contributed by atoms with Crippen molar-refractivity contribution in [3.63, 3.8) is 0 Å². The van der Waals surface area contributed by atoms with Gasteiger partial charge in [-0.3, -0.25) is 19.2 Å². The average molecular weight is 1170 g/mol. The zero-order valence-corrected chi connectivity index (χ0v) is 54.6. The van der Waals surface area contributed by atoms with Gasteiger partial charge in [-0.05, 0) is 70.6 Å². The van der Waals surface area contributed by atoms with E-state index in [1.54, 1.807) is 0 Å². The number of rotatable bonds is 66. The van der Waals surface area contributed by atoms with Crippen LogP contribution in [0.2, 0.25) is 0 Å². The second kappa shape index (κ2) is 63.2. The topological polar surface area (TPSA) is 156 Å². The first kappa shape index (κ1) is 79.7. The Hall–Kier alpha value is -2.32. The van der Waals surface area contributed by atoms with E-state index in [9.17, 15) is 24.3 Å². The molecule has 0 spiro atoms. The quantitative estimate of drug-likeness (QED) is 0.0267. The molecule has 0 aliphatic rings. The van der Waals surface area contributed by atoms with Gasteiger partial charge >= 0.3 is 17.9 Å². The molecule has 0 aromatic rings. The third-order valence-corrected chi connectivity index (χ3v) is 15.7. The Morgan fingerprint density at radius 1 is 0.341 bits per heavy atom. The van der Waals surface area contributed by atoms with Gasteiger partial charge in [0.2, 0.25) is 5.91 Å². The fourth-order valence-electron chi connectivity index (χ4n) is 10.4. The second-order valence-corrected chi connectivity index (χ2v) is 23.6. The number of esters is 3. The minimum absolute atomic E-state index is 0.0916. The maximum Gasteiger partial charge on any atom is 0.306 e. The van der Waals surface area contributed by atoms with Crippen molar-refractivity contribution >= 4 is 23.8 Å². The number of carbonyl (C=O) groups excluding carboxylic acids is 4. The maximum absolute atomic E-state index is 14.0. The van der Waals surface area contributed by atoms with Crippen LogP contribution in [-0.4, -0.2) is 111 Å². The van der Waals surface area contributed by atoms with Crippen molar-refractivity contribution in [2.24, 2.45) is 0 Å². The van der Waals surface area contributed by atoms with Crippen molar-refractivity contribution in [1.29, 1.82) is 0 Å². The van der Waals surface area contributed by atoms with E-state index in [0.717, 1.165) is 96.3 Å². The molecule has 0 bridgehead atoms. The third-order valence-electron chi connectivity index (χ3n) is 15.7. The van der Waals surface area contributed by atoms with Gasteiger partial charge in [0.15, 0.2) is 12.6 Å². The van der Waals surface area contributed by atoms with Gasteiger partial charge in [0.1, 0.15) is 25.4 Å². The summed E-state index contributed by atoms with van der Waals surface area (Å²) < 4.78 is 42.6. The van der Waals surface area contributed by atoms with E-state index < -0.39 is 42.4 Å². The lowest BCUT2D eigenvalue weighted by Crippen LogP contribution is -2.48. The SMILES string of the molecule is CCCCCCCCCCOC(CCCC(=O)OCC(COC(=O)CCCC(OCCCCCCCCCC)OCCCCCCCCCC)N(CCO)C(=O)CCC(=O)OC(CCC)CCCCCC)OCCCCCCCCCC. The van der Waals surface area contributed by atoms with Crippen molar-refractivity contribution in [3.05, 3.63) is 0 Å². The highest BCUT2D eigenvalue weighted by Crippen LogP contribution is 2.19. The molecule has 0 radical (unpaired) electrons. The van der Waals surface area contributed by atoms with E-state index >= 15 is 0 Å². The number of aliphatic hydroxyl groups excluding tert-OH is 1. The summed E-state index contributed by atoms with van der Waals surface area (Å²) in [6.45, 7) is 14.7. The lowest BCUT2D eigenvalue weighted by Gasteiger charge is -2.31. The van der Waals surface area contributed by atoms with Crippen LogP contribution >= 0.6 is 0 Å². The van der Waals surface area contributed by atoms with E-state index in [2.05, 4.69) is 41.5 Å². The predicted molar refractivity (Wildman–Crippen MR) is 337 cm³/mol. The van der Waals surface area contributed by atoms with Crippen LogP contribution in [0, 0.1) is 0 Å². The standard InChI is InChI=1S/C69H133NO12/c1-7-13-18-23-27-31-35-40-56-76-68(77-57-41-36-32-28-24-19-14-8-2)50-44-48-65(73)80-60-62(70(54-55-71)64(72)52-53-67(75)82-63(46-12-6)47-39-22-17-11-5)61-81-66(74)49-45-51-69(78-58-42-37-33-29-25-20-15-9-3)79-59-43-38-34-30-26-21-16-10-4/h62-63,68-69,71H,7-61H2,1-6H3. The van der Waals surface area contributed by atoms with Gasteiger partial charge in [0.25, 0.3) is 0 Å². The van der Waals surface area contributed by atoms with Gasteiger partial charge in [0.05, 0.1) is 13.0 Å². The molecule has 0 saturated carbocycles. The van der Waals surface area contributed by atoms with Crippen LogP contribution < -0.4 is 0 Å². The fraction of sp³-hybridized carbons (Fsp3) is 0.942. The van der Waals surface area contributed by atoms with E-state index in [1.807, 2.05) is 0 Å². The highest BCUT2D eigenvalue weighted by molar-refractivity contribution is 5.82. The molecule has 486 valence electrons. The van der Waals surface area contributed by atoms with Crippen LogP contribution in [0.25, 0.3) is 0 Å². The maximum atomic E-state index is 14.0. The largest absolute Gasteiger partial charge is 0.463 e. The van der Waals surface area contributed by atoms with E-state index in [0.29, 0.717) is 52.1 Å². The molecule has 13 heteroatoms. The molecular weight excluding hydrogens is 1030 g/mol. The number of carbonyl (C=O) groups is 4. The number of hydrogen-bond donors (Lipinski definition) is 1. The van der Waals surface area contributed by atoms with Crippen LogP contribution in [0.1, 0.15) is 343 Å². The third kappa shape index (κ3) is 53.2. The first-order chi connectivity index (χ1) is 40.2.